The van der Waals surface area contributed by atoms with Crippen molar-refractivity contribution in [3.8, 4) is 11.1 Å². The van der Waals surface area contributed by atoms with Gasteiger partial charge in [0.25, 0.3) is 0 Å². The average Bonchev–Trinajstić information content (AvgIpc) is 3.87. The summed E-state index contributed by atoms with van der Waals surface area (Å²) >= 11 is 0. The fraction of sp³-hybridized carbons (Fsp3) is 0.0370. The molecule has 0 saturated carbocycles. The Morgan fingerprint density at radius 3 is 1.51 bits per heavy atom. The fourth-order valence-corrected chi connectivity index (χ4v) is 12.8. The summed E-state index contributed by atoms with van der Waals surface area (Å²) in [5.74, 6) is 0. The van der Waals surface area contributed by atoms with Crippen LogP contribution in [0.15, 0.2) is 203 Å². The van der Waals surface area contributed by atoms with Gasteiger partial charge in [-0.15, -0.1) is 0 Å². The lowest BCUT2D eigenvalue weighted by molar-refractivity contribution is 0.668. The van der Waals surface area contributed by atoms with Gasteiger partial charge in [-0.2, -0.15) is 0 Å². The fourth-order valence-electron chi connectivity index (χ4n) is 9.71. The zero-order valence-electron chi connectivity index (χ0n) is 32.7. The molecule has 0 N–H and O–H groups in total. The number of rotatable bonds is 6. The Hall–Kier alpha value is -7.34. The van der Waals surface area contributed by atoms with Gasteiger partial charge in [-0.05, 0) is 93.6 Å². The quantitative estimate of drug-likeness (QED) is 0.158. The molecular weight excluding hydrogens is 737 g/mol. The molecular formula is C54H38N2O2Si. The highest BCUT2D eigenvalue weighted by molar-refractivity contribution is 7.03. The molecule has 0 aliphatic carbocycles. The zero-order chi connectivity index (χ0) is 39.2. The molecule has 2 aromatic heterocycles. The Labute approximate surface area is 342 Å². The molecule has 12 rings (SSSR count). The lowest BCUT2D eigenvalue weighted by Crippen LogP contribution is -2.56. The Bertz CT molecular complexity index is 3440. The van der Waals surface area contributed by atoms with Crippen molar-refractivity contribution in [1.29, 1.82) is 0 Å². The van der Waals surface area contributed by atoms with E-state index in [1.807, 2.05) is 12.1 Å². The summed E-state index contributed by atoms with van der Waals surface area (Å²) in [6, 6.07) is 69.7. The highest BCUT2D eigenvalue weighted by Crippen LogP contribution is 2.48. The van der Waals surface area contributed by atoms with Gasteiger partial charge in [-0.3, -0.25) is 0 Å². The molecule has 9 aromatic carbocycles. The molecule has 59 heavy (non-hydrogen) atoms. The van der Waals surface area contributed by atoms with Crippen molar-refractivity contribution < 1.29 is 8.83 Å². The van der Waals surface area contributed by atoms with Crippen molar-refractivity contribution >= 4 is 107 Å². The van der Waals surface area contributed by atoms with E-state index in [0.717, 1.165) is 78.0 Å². The molecule has 1 aliphatic rings. The van der Waals surface area contributed by atoms with Crippen LogP contribution >= 0.6 is 0 Å². The molecule has 0 fully saturated rings. The first kappa shape index (κ1) is 33.8. The molecule has 0 saturated heterocycles. The third-order valence-electron chi connectivity index (χ3n) is 12.4. The lowest BCUT2D eigenvalue weighted by Gasteiger charge is -2.36. The van der Waals surface area contributed by atoms with Crippen LogP contribution in [-0.4, -0.2) is 8.07 Å². The van der Waals surface area contributed by atoms with Crippen LogP contribution in [0.1, 0.15) is 0 Å². The molecule has 0 spiro atoms. The molecule has 0 atom stereocenters. The monoisotopic (exact) mass is 774 g/mol. The number of fused-ring (bicyclic) bond motifs is 8. The Morgan fingerprint density at radius 1 is 0.356 bits per heavy atom. The van der Waals surface area contributed by atoms with Crippen molar-refractivity contribution in [2.24, 2.45) is 0 Å². The molecule has 0 bridgehead atoms. The second kappa shape index (κ2) is 12.8. The second-order valence-corrected chi connectivity index (χ2v) is 20.4. The third kappa shape index (κ3) is 5.01. The van der Waals surface area contributed by atoms with Gasteiger partial charge in [0.05, 0.1) is 17.1 Å². The number of hydrogen-bond donors (Lipinski definition) is 0. The maximum absolute atomic E-state index is 6.67. The third-order valence-corrected chi connectivity index (χ3v) is 16.0. The predicted molar refractivity (Wildman–Crippen MR) is 250 cm³/mol. The van der Waals surface area contributed by atoms with Crippen LogP contribution in [-0.2, 0) is 0 Å². The van der Waals surface area contributed by atoms with Crippen molar-refractivity contribution in [1.82, 2.24) is 0 Å². The maximum atomic E-state index is 6.67. The number of anilines is 6. The van der Waals surface area contributed by atoms with Gasteiger partial charge in [0.15, 0.2) is 11.2 Å². The van der Waals surface area contributed by atoms with Crippen LogP contribution in [0.25, 0.3) is 65.8 Å². The normalized spacial score (nSPS) is 13.1. The summed E-state index contributed by atoms with van der Waals surface area (Å²) in [5.41, 5.74) is 12.6. The SMILES string of the molecule is C[Si]1(C)c2cc(N(c3ccccc3)c3cccc4c3oc3ccccc34)ccc2-c2ccc(N(c3ccccc3)c3cccc4c3oc3ccccc34)c3cccc1c23. The van der Waals surface area contributed by atoms with Crippen molar-refractivity contribution in [2.45, 2.75) is 13.1 Å². The van der Waals surface area contributed by atoms with E-state index >= 15 is 0 Å². The van der Waals surface area contributed by atoms with Gasteiger partial charge in [-0.1, -0.05) is 140 Å². The largest absolute Gasteiger partial charge is 0.454 e. The van der Waals surface area contributed by atoms with E-state index in [1.165, 1.54) is 32.3 Å². The minimum atomic E-state index is -2.29. The summed E-state index contributed by atoms with van der Waals surface area (Å²) in [6.07, 6.45) is 0. The average molecular weight is 775 g/mol. The first-order chi connectivity index (χ1) is 29.0. The number of para-hydroxylation sites is 6. The molecule has 5 heteroatoms. The molecule has 0 unspecified atom stereocenters. The predicted octanol–water partition coefficient (Wildman–Crippen LogP) is 14.4. The molecule has 4 nitrogen and oxygen atoms in total. The first-order valence-corrected chi connectivity index (χ1v) is 23.3. The molecule has 0 amide bonds. The lowest BCUT2D eigenvalue weighted by atomic mass is 9.95. The van der Waals surface area contributed by atoms with Crippen molar-refractivity contribution in [3.63, 3.8) is 0 Å². The van der Waals surface area contributed by atoms with Crippen LogP contribution in [0.4, 0.5) is 34.1 Å². The summed E-state index contributed by atoms with van der Waals surface area (Å²) in [4.78, 5) is 4.75. The number of nitrogens with zero attached hydrogens (tertiary/aromatic N) is 2. The van der Waals surface area contributed by atoms with Crippen LogP contribution in [0.2, 0.25) is 13.1 Å². The number of benzene rings is 9. The van der Waals surface area contributed by atoms with E-state index in [2.05, 4.69) is 205 Å². The van der Waals surface area contributed by atoms with E-state index in [1.54, 1.807) is 0 Å². The van der Waals surface area contributed by atoms with Crippen LogP contribution < -0.4 is 20.2 Å². The maximum Gasteiger partial charge on any atom is 0.159 e. The summed E-state index contributed by atoms with van der Waals surface area (Å²) in [7, 11) is -2.29. The van der Waals surface area contributed by atoms with Gasteiger partial charge in [0, 0.05) is 44.0 Å². The zero-order valence-corrected chi connectivity index (χ0v) is 33.7. The summed E-state index contributed by atoms with van der Waals surface area (Å²) in [6.45, 7) is 5.02. The van der Waals surface area contributed by atoms with E-state index in [9.17, 15) is 0 Å². The first-order valence-electron chi connectivity index (χ1n) is 20.3. The molecule has 11 aromatic rings. The van der Waals surface area contributed by atoms with Crippen LogP contribution in [0.3, 0.4) is 0 Å². The van der Waals surface area contributed by atoms with Gasteiger partial charge < -0.3 is 18.6 Å². The van der Waals surface area contributed by atoms with E-state index in [4.69, 9.17) is 8.83 Å². The molecule has 0 radical (unpaired) electrons. The minimum absolute atomic E-state index is 0.881. The Balaban J connectivity index is 1.06. The van der Waals surface area contributed by atoms with E-state index < -0.39 is 8.07 Å². The molecule has 1 aliphatic heterocycles. The number of furan rings is 2. The van der Waals surface area contributed by atoms with Crippen molar-refractivity contribution in [3.05, 3.63) is 194 Å². The van der Waals surface area contributed by atoms with E-state index in [0.29, 0.717) is 0 Å². The topological polar surface area (TPSA) is 32.8 Å². The van der Waals surface area contributed by atoms with Crippen molar-refractivity contribution in [2.75, 3.05) is 9.80 Å². The summed E-state index contributed by atoms with van der Waals surface area (Å²) in [5, 5.41) is 9.91. The minimum Gasteiger partial charge on any atom is -0.454 e. The van der Waals surface area contributed by atoms with Gasteiger partial charge in [0.2, 0.25) is 0 Å². The van der Waals surface area contributed by atoms with E-state index in [-0.39, 0.29) is 0 Å². The number of hydrogen-bond acceptors (Lipinski definition) is 4. The highest BCUT2D eigenvalue weighted by Gasteiger charge is 2.37. The Kier molecular flexibility index (Phi) is 7.34. The van der Waals surface area contributed by atoms with Crippen LogP contribution in [0, 0.1) is 0 Å². The van der Waals surface area contributed by atoms with Gasteiger partial charge in [-0.25, -0.2) is 0 Å². The highest BCUT2D eigenvalue weighted by atomic mass is 28.3. The van der Waals surface area contributed by atoms with Gasteiger partial charge in [0.1, 0.15) is 19.2 Å². The van der Waals surface area contributed by atoms with Gasteiger partial charge >= 0.3 is 0 Å². The Morgan fingerprint density at radius 2 is 0.864 bits per heavy atom. The molecule has 3 heterocycles. The summed E-state index contributed by atoms with van der Waals surface area (Å²) < 4.78 is 13.3. The smallest absolute Gasteiger partial charge is 0.159 e. The van der Waals surface area contributed by atoms with Crippen LogP contribution in [0.5, 0.6) is 0 Å². The molecule has 280 valence electrons. The standard InChI is InChI=1S/C54H38N2O2Si/c1-59(2)50-29-15-24-44-45(56(36-18-7-4-8-19-36)47-26-14-23-43-39-21-10-12-28-49(39)58-54(43)47)33-32-41(52(44)50)40-31-30-37(34-51(40)59)55(35-16-5-3-6-17-35)46-25-13-22-42-38-20-9-11-27-48(38)57-53(42)46/h3-34H,1-2H3. The second-order valence-electron chi connectivity index (χ2n) is 16.1.